The Morgan fingerprint density at radius 3 is 2.89 bits per heavy atom. The number of imidazole rings is 1. The molecule has 8 heteroatoms. The minimum Gasteiger partial charge on any atom is -0.493 e. The molecule has 1 aliphatic rings. The van der Waals surface area contributed by atoms with Gasteiger partial charge in [-0.3, -0.25) is 4.79 Å². The molecule has 0 aliphatic heterocycles. The Bertz CT molecular complexity index is 1000. The monoisotopic (exact) mass is 370 g/mol. The minimum atomic E-state index is -0.830. The number of aromatic nitrogens is 3. The van der Waals surface area contributed by atoms with E-state index >= 15 is 0 Å². The van der Waals surface area contributed by atoms with Crippen molar-refractivity contribution in [1.82, 2.24) is 14.4 Å². The maximum atomic E-state index is 13.3. The Hall–Kier alpha value is -3.16. The third kappa shape index (κ3) is 3.42. The van der Waals surface area contributed by atoms with Crippen LogP contribution >= 0.6 is 0 Å². The second-order valence-corrected chi connectivity index (χ2v) is 6.29. The molecule has 1 N–H and O–H groups in total. The highest BCUT2D eigenvalue weighted by atomic mass is 19.1. The number of anilines is 1. The molecule has 0 radical (unpaired) electrons. The van der Waals surface area contributed by atoms with Crippen LogP contribution in [0.3, 0.4) is 0 Å². The number of carbonyl (C=O) groups excluding carboxylic acids is 1. The van der Waals surface area contributed by atoms with E-state index in [1.54, 1.807) is 41.1 Å². The van der Waals surface area contributed by atoms with Crippen molar-refractivity contribution in [3.8, 4) is 11.6 Å². The Morgan fingerprint density at radius 2 is 2.19 bits per heavy atom. The molecule has 2 atom stereocenters. The molecule has 1 amide bonds. The fraction of sp³-hybridized carbons (Fsp3) is 0.316. The van der Waals surface area contributed by atoms with Gasteiger partial charge in [0.05, 0.1) is 25.0 Å². The van der Waals surface area contributed by atoms with Gasteiger partial charge in [-0.15, -0.1) is 0 Å². The molecule has 27 heavy (non-hydrogen) atoms. The highest BCUT2D eigenvalue weighted by Gasteiger charge is 2.40. The Balaban J connectivity index is 1.67. The second-order valence-electron chi connectivity index (χ2n) is 6.29. The van der Waals surface area contributed by atoms with Crippen LogP contribution < -0.4 is 14.8 Å². The number of hydrogen-bond donors (Lipinski definition) is 1. The third-order valence-corrected chi connectivity index (χ3v) is 4.38. The number of alkyl halides is 1. The van der Waals surface area contributed by atoms with Crippen LogP contribution in [0.4, 0.5) is 10.2 Å². The molecule has 3 aromatic heterocycles. The van der Waals surface area contributed by atoms with Gasteiger partial charge in [-0.05, 0) is 19.4 Å². The maximum absolute atomic E-state index is 13.3. The molecule has 0 unspecified atom stereocenters. The summed E-state index contributed by atoms with van der Waals surface area (Å²) >= 11 is 0. The zero-order valence-corrected chi connectivity index (χ0v) is 15.0. The summed E-state index contributed by atoms with van der Waals surface area (Å²) in [7, 11) is 1.51. The van der Waals surface area contributed by atoms with Crippen molar-refractivity contribution < 1.29 is 18.7 Å². The van der Waals surface area contributed by atoms with Gasteiger partial charge in [0.1, 0.15) is 23.4 Å². The number of nitrogens with zero attached hydrogens (tertiary/aromatic N) is 3. The summed E-state index contributed by atoms with van der Waals surface area (Å²) in [5.41, 5.74) is 1.64. The molecule has 3 aromatic rings. The molecule has 1 aliphatic carbocycles. The lowest BCUT2D eigenvalue weighted by atomic mass is 10.2. The molecular formula is C19H19FN4O3. The number of methoxy groups -OCH3 is 1. The van der Waals surface area contributed by atoms with Gasteiger partial charge in [0.25, 0.3) is 5.91 Å². The molecule has 3 heterocycles. The van der Waals surface area contributed by atoms with Crippen LogP contribution in [0.2, 0.25) is 0 Å². The van der Waals surface area contributed by atoms with E-state index in [4.69, 9.17) is 9.47 Å². The van der Waals surface area contributed by atoms with Gasteiger partial charge in [-0.1, -0.05) is 6.07 Å². The summed E-state index contributed by atoms with van der Waals surface area (Å²) in [6.45, 7) is 2.24. The van der Waals surface area contributed by atoms with Crippen LogP contribution in [0.1, 0.15) is 35.3 Å². The van der Waals surface area contributed by atoms with E-state index in [1.165, 1.54) is 7.11 Å². The average molecular weight is 370 g/mol. The van der Waals surface area contributed by atoms with Crippen molar-refractivity contribution in [2.24, 2.45) is 0 Å². The van der Waals surface area contributed by atoms with Crippen LogP contribution in [-0.4, -0.2) is 40.2 Å². The fourth-order valence-corrected chi connectivity index (χ4v) is 2.91. The number of fused-ring (bicyclic) bond motifs is 1. The quantitative estimate of drug-likeness (QED) is 0.721. The smallest absolute Gasteiger partial charge is 0.262 e. The van der Waals surface area contributed by atoms with Gasteiger partial charge in [-0.25, -0.2) is 9.37 Å². The normalized spacial score (nSPS) is 18.3. The predicted molar refractivity (Wildman–Crippen MR) is 97.4 cm³/mol. The van der Waals surface area contributed by atoms with Gasteiger partial charge in [0, 0.05) is 30.4 Å². The number of amides is 1. The van der Waals surface area contributed by atoms with Gasteiger partial charge >= 0.3 is 0 Å². The third-order valence-electron chi connectivity index (χ3n) is 4.38. The molecule has 140 valence electrons. The van der Waals surface area contributed by atoms with Gasteiger partial charge in [0.15, 0.2) is 0 Å². The van der Waals surface area contributed by atoms with E-state index in [9.17, 15) is 9.18 Å². The van der Waals surface area contributed by atoms with Crippen LogP contribution in [-0.2, 0) is 0 Å². The van der Waals surface area contributed by atoms with Crippen molar-refractivity contribution in [3.05, 3.63) is 47.9 Å². The highest BCUT2D eigenvalue weighted by molar-refractivity contribution is 6.05. The second kappa shape index (κ2) is 6.86. The van der Waals surface area contributed by atoms with Crippen molar-refractivity contribution in [2.75, 3.05) is 19.0 Å². The molecule has 1 saturated carbocycles. The number of ether oxygens (including phenoxy) is 2. The summed E-state index contributed by atoms with van der Waals surface area (Å²) in [6.07, 6.45) is 3.07. The van der Waals surface area contributed by atoms with Crippen LogP contribution in [0, 0.1) is 0 Å². The summed E-state index contributed by atoms with van der Waals surface area (Å²) in [4.78, 5) is 21.4. The summed E-state index contributed by atoms with van der Waals surface area (Å²) in [5.74, 6) is 0.657. The molecular weight excluding hydrogens is 351 g/mol. The minimum absolute atomic E-state index is 0.154. The summed E-state index contributed by atoms with van der Waals surface area (Å²) < 4.78 is 25.8. The first-order chi connectivity index (χ1) is 13.1. The SMILES string of the molecule is CCOc1cc2nc([C@H]3C[C@H]3F)cn2cc1C(=O)Nc1cccc(OC)n1. The van der Waals surface area contributed by atoms with E-state index in [2.05, 4.69) is 15.3 Å². The maximum Gasteiger partial charge on any atom is 0.262 e. The molecule has 0 spiro atoms. The zero-order chi connectivity index (χ0) is 19.0. The molecule has 0 bridgehead atoms. The van der Waals surface area contributed by atoms with Crippen molar-refractivity contribution >= 4 is 17.4 Å². The van der Waals surface area contributed by atoms with E-state index in [0.717, 1.165) is 0 Å². The van der Waals surface area contributed by atoms with Gasteiger partial charge in [-0.2, -0.15) is 4.98 Å². The van der Waals surface area contributed by atoms with Crippen molar-refractivity contribution in [1.29, 1.82) is 0 Å². The predicted octanol–water partition coefficient (Wildman–Crippen LogP) is 3.21. The first-order valence-electron chi connectivity index (χ1n) is 8.71. The number of halogens is 1. The van der Waals surface area contributed by atoms with Crippen LogP contribution in [0.25, 0.3) is 5.65 Å². The average Bonchev–Trinajstić information content (AvgIpc) is 3.25. The molecule has 0 saturated heterocycles. The van der Waals surface area contributed by atoms with E-state index < -0.39 is 6.17 Å². The summed E-state index contributed by atoms with van der Waals surface area (Å²) in [6, 6.07) is 6.79. The van der Waals surface area contributed by atoms with Crippen molar-refractivity contribution in [3.63, 3.8) is 0 Å². The topological polar surface area (TPSA) is 77.8 Å². The lowest BCUT2D eigenvalue weighted by Crippen LogP contribution is -2.15. The molecule has 0 aromatic carbocycles. The first kappa shape index (κ1) is 17.3. The number of carbonyl (C=O) groups is 1. The Labute approximate surface area is 155 Å². The van der Waals surface area contributed by atoms with Crippen molar-refractivity contribution in [2.45, 2.75) is 25.4 Å². The van der Waals surface area contributed by atoms with Crippen LogP contribution in [0.15, 0.2) is 36.7 Å². The standard InChI is InChI=1S/C19H19FN4O3/c1-3-27-15-8-17-21-14(11-7-13(11)20)10-24(17)9-12(15)19(25)23-16-5-4-6-18(22-16)26-2/h4-6,8-11,13H,3,7H2,1-2H3,(H,22,23,25)/t11-,13+/m0/s1. The molecule has 4 rings (SSSR count). The van der Waals surface area contributed by atoms with E-state index in [0.29, 0.717) is 47.4 Å². The fourth-order valence-electron chi connectivity index (χ4n) is 2.91. The van der Waals surface area contributed by atoms with Gasteiger partial charge in [0.2, 0.25) is 5.88 Å². The number of pyridine rings is 2. The zero-order valence-electron chi connectivity index (χ0n) is 15.0. The Morgan fingerprint density at radius 1 is 1.37 bits per heavy atom. The van der Waals surface area contributed by atoms with E-state index in [-0.39, 0.29) is 11.8 Å². The number of nitrogens with one attached hydrogen (secondary N) is 1. The van der Waals surface area contributed by atoms with Gasteiger partial charge < -0.3 is 19.2 Å². The Kier molecular flexibility index (Phi) is 4.39. The molecule has 1 fully saturated rings. The highest BCUT2D eigenvalue weighted by Crippen LogP contribution is 2.43. The molecule has 7 nitrogen and oxygen atoms in total. The first-order valence-corrected chi connectivity index (χ1v) is 8.71. The van der Waals surface area contributed by atoms with Crippen LogP contribution in [0.5, 0.6) is 11.6 Å². The number of rotatable bonds is 6. The lowest BCUT2D eigenvalue weighted by Gasteiger charge is -2.11. The lowest BCUT2D eigenvalue weighted by molar-refractivity contribution is 0.102. The largest absolute Gasteiger partial charge is 0.493 e. The summed E-state index contributed by atoms with van der Waals surface area (Å²) in [5, 5.41) is 2.74. The van der Waals surface area contributed by atoms with E-state index in [1.807, 2.05) is 6.92 Å². The number of hydrogen-bond acceptors (Lipinski definition) is 5.